The van der Waals surface area contributed by atoms with Gasteiger partial charge in [0.1, 0.15) is 23.9 Å². The van der Waals surface area contributed by atoms with E-state index in [1.807, 2.05) is 0 Å². The summed E-state index contributed by atoms with van der Waals surface area (Å²) in [7, 11) is 0. The molecule has 7 heteroatoms. The van der Waals surface area contributed by atoms with Crippen LogP contribution in [0, 0.1) is 6.92 Å². The summed E-state index contributed by atoms with van der Waals surface area (Å²) >= 11 is 0. The summed E-state index contributed by atoms with van der Waals surface area (Å²) in [5, 5.41) is 14.0. The molecule has 0 saturated carbocycles. The van der Waals surface area contributed by atoms with E-state index < -0.39 is 0 Å². The van der Waals surface area contributed by atoms with Gasteiger partial charge in [-0.05, 0) is 30.7 Å². The van der Waals surface area contributed by atoms with E-state index in [9.17, 15) is 10.0 Å². The Morgan fingerprint density at radius 1 is 1.32 bits per heavy atom. The van der Waals surface area contributed by atoms with Gasteiger partial charge in [-0.15, -0.1) is 4.68 Å². The number of carbonyl (C=O) groups excluding carboxylic acids is 1. The number of benzene rings is 1. The normalized spacial score (nSPS) is 10.5. The van der Waals surface area contributed by atoms with Gasteiger partial charge in [0.25, 0.3) is 0 Å². The van der Waals surface area contributed by atoms with Gasteiger partial charge < -0.3 is 14.7 Å². The van der Waals surface area contributed by atoms with Gasteiger partial charge in [0.15, 0.2) is 0 Å². The Bertz CT molecular complexity index is 891. The van der Waals surface area contributed by atoms with Crippen molar-refractivity contribution < 1.29 is 24.2 Å². The number of esters is 1. The van der Waals surface area contributed by atoms with E-state index in [-0.39, 0.29) is 5.97 Å². The minimum absolute atomic E-state index is 0.311. The second-order valence-electron chi connectivity index (χ2n) is 5.27. The van der Waals surface area contributed by atoms with Gasteiger partial charge in [-0.25, -0.2) is 4.79 Å². The molecule has 7 nitrogen and oxygen atoms in total. The molecule has 0 amide bonds. The number of pyridine rings is 1. The fourth-order valence-electron chi connectivity index (χ4n) is 2.38. The van der Waals surface area contributed by atoms with Crippen LogP contribution in [-0.2, 0) is 4.74 Å². The molecule has 1 aromatic carbocycles. The predicted molar refractivity (Wildman–Crippen MR) is 88.2 cm³/mol. The molecule has 3 rings (SSSR count). The molecule has 3 aromatic rings. The average Bonchev–Trinajstić information content (AvgIpc) is 3.13. The van der Waals surface area contributed by atoms with Crippen molar-refractivity contribution in [2.75, 3.05) is 6.61 Å². The molecule has 25 heavy (non-hydrogen) atoms. The van der Waals surface area contributed by atoms with E-state index in [1.54, 1.807) is 62.6 Å². The summed E-state index contributed by atoms with van der Waals surface area (Å²) in [5.41, 5.74) is 1.14. The van der Waals surface area contributed by atoms with E-state index in [0.29, 0.717) is 35.1 Å². The third-order valence-electron chi connectivity index (χ3n) is 3.63. The molecular formula is C18H18N3O4+. The largest absolute Gasteiger partial charge is 0.462 e. The van der Waals surface area contributed by atoms with E-state index in [2.05, 4.69) is 5.10 Å². The first kappa shape index (κ1) is 16.5. The highest BCUT2D eigenvalue weighted by molar-refractivity contribution is 5.91. The number of aromatic nitrogens is 3. The highest BCUT2D eigenvalue weighted by Crippen LogP contribution is 2.27. The Morgan fingerprint density at radius 2 is 2.16 bits per heavy atom. The van der Waals surface area contributed by atoms with Crippen LogP contribution < -0.4 is 9.47 Å². The van der Waals surface area contributed by atoms with E-state index in [4.69, 9.17) is 9.47 Å². The van der Waals surface area contributed by atoms with Gasteiger partial charge in [-0.3, -0.25) is 0 Å². The minimum atomic E-state index is -0.385. The molecule has 0 fully saturated rings. The number of nitrogens with zero attached hydrogens (tertiary/aromatic N) is 3. The minimum Gasteiger partial charge on any atom is -0.462 e. The SMILES string of the molecule is CCOC(=O)c1cccc(Oc2cc[n+](O)c(-n3cccn3)c2)c1C. The lowest BCUT2D eigenvalue weighted by molar-refractivity contribution is -0.899. The Morgan fingerprint density at radius 3 is 2.88 bits per heavy atom. The lowest BCUT2D eigenvalue weighted by Crippen LogP contribution is -2.35. The molecule has 0 atom stereocenters. The number of hydrogen-bond donors (Lipinski definition) is 1. The van der Waals surface area contributed by atoms with E-state index in [0.717, 1.165) is 4.73 Å². The molecule has 0 unspecified atom stereocenters. The first-order chi connectivity index (χ1) is 12.1. The molecule has 0 aliphatic carbocycles. The van der Waals surface area contributed by atoms with Crippen molar-refractivity contribution in [1.82, 2.24) is 9.78 Å². The second-order valence-corrected chi connectivity index (χ2v) is 5.27. The molecule has 0 radical (unpaired) electrons. The summed E-state index contributed by atoms with van der Waals surface area (Å²) in [5.74, 6) is 1.07. The predicted octanol–water partition coefficient (Wildman–Crippen LogP) is 2.67. The molecule has 0 saturated heterocycles. The number of ether oxygens (including phenoxy) is 2. The van der Waals surface area contributed by atoms with Crippen LogP contribution in [0.5, 0.6) is 11.5 Å². The number of hydrogen-bond acceptors (Lipinski definition) is 5. The third-order valence-corrected chi connectivity index (χ3v) is 3.63. The van der Waals surface area contributed by atoms with Crippen LogP contribution >= 0.6 is 0 Å². The maximum absolute atomic E-state index is 12.0. The fraction of sp³-hybridized carbons (Fsp3) is 0.167. The van der Waals surface area contributed by atoms with Gasteiger partial charge in [-0.1, -0.05) is 11.2 Å². The van der Waals surface area contributed by atoms with Gasteiger partial charge >= 0.3 is 11.8 Å². The van der Waals surface area contributed by atoms with Crippen LogP contribution in [-0.4, -0.2) is 27.6 Å². The zero-order valence-corrected chi connectivity index (χ0v) is 13.9. The number of rotatable bonds is 5. The van der Waals surface area contributed by atoms with Crippen LogP contribution in [0.25, 0.3) is 5.82 Å². The van der Waals surface area contributed by atoms with Gasteiger partial charge in [0.2, 0.25) is 0 Å². The molecule has 2 heterocycles. The summed E-state index contributed by atoms with van der Waals surface area (Å²) < 4.78 is 13.4. The zero-order chi connectivity index (χ0) is 17.8. The number of carbonyl (C=O) groups is 1. The zero-order valence-electron chi connectivity index (χ0n) is 13.9. The fourth-order valence-corrected chi connectivity index (χ4v) is 2.38. The standard InChI is InChI=1S/C18H18N3O4/c1-3-24-18(22)15-6-4-7-16(13(15)2)25-14-8-11-21(23)17(12-14)20-10-5-9-19-20/h4-12,23H,3H2,1-2H3/q+1. The average molecular weight is 340 g/mol. The topological polar surface area (TPSA) is 77.5 Å². The van der Waals surface area contributed by atoms with Crippen LogP contribution in [0.3, 0.4) is 0 Å². The Balaban J connectivity index is 1.92. The lowest BCUT2D eigenvalue weighted by Gasteiger charge is -2.12. The maximum Gasteiger partial charge on any atom is 0.349 e. The quantitative estimate of drug-likeness (QED) is 0.439. The van der Waals surface area contributed by atoms with Crippen molar-refractivity contribution in [3.05, 3.63) is 66.1 Å². The molecule has 0 aliphatic heterocycles. The van der Waals surface area contributed by atoms with Crippen molar-refractivity contribution in [2.24, 2.45) is 0 Å². The molecule has 1 N–H and O–H groups in total. The summed E-state index contributed by atoms with van der Waals surface area (Å²) in [6.07, 6.45) is 4.77. The molecule has 0 bridgehead atoms. The smallest absolute Gasteiger partial charge is 0.349 e. The Kier molecular flexibility index (Phi) is 4.65. The monoisotopic (exact) mass is 340 g/mol. The van der Waals surface area contributed by atoms with Crippen molar-refractivity contribution in [1.29, 1.82) is 0 Å². The first-order valence-corrected chi connectivity index (χ1v) is 7.79. The Hall–Kier alpha value is -3.35. The van der Waals surface area contributed by atoms with Crippen molar-refractivity contribution in [3.8, 4) is 17.3 Å². The van der Waals surface area contributed by atoms with Gasteiger partial charge in [0.05, 0.1) is 24.4 Å². The molecule has 128 valence electrons. The van der Waals surface area contributed by atoms with Crippen molar-refractivity contribution >= 4 is 5.97 Å². The second kappa shape index (κ2) is 7.04. The van der Waals surface area contributed by atoms with Crippen LogP contribution in [0.2, 0.25) is 0 Å². The lowest BCUT2D eigenvalue weighted by atomic mass is 10.1. The van der Waals surface area contributed by atoms with E-state index >= 15 is 0 Å². The van der Waals surface area contributed by atoms with Crippen LogP contribution in [0.15, 0.2) is 55.0 Å². The molecule has 0 aliphatic rings. The van der Waals surface area contributed by atoms with Gasteiger partial charge in [-0.2, -0.15) is 0 Å². The van der Waals surface area contributed by atoms with Crippen LogP contribution in [0.4, 0.5) is 0 Å². The summed E-state index contributed by atoms with van der Waals surface area (Å²) in [6, 6.07) is 10.2. The molecular weight excluding hydrogens is 322 g/mol. The highest BCUT2D eigenvalue weighted by atomic mass is 16.5. The highest BCUT2D eigenvalue weighted by Gasteiger charge is 2.17. The molecule has 2 aromatic heterocycles. The van der Waals surface area contributed by atoms with Crippen LogP contribution in [0.1, 0.15) is 22.8 Å². The molecule has 0 spiro atoms. The van der Waals surface area contributed by atoms with E-state index in [1.165, 1.54) is 10.9 Å². The Labute approximate surface area is 144 Å². The first-order valence-electron chi connectivity index (χ1n) is 7.79. The maximum atomic E-state index is 12.0. The van der Waals surface area contributed by atoms with Crippen molar-refractivity contribution in [2.45, 2.75) is 13.8 Å². The van der Waals surface area contributed by atoms with Gasteiger partial charge in [0, 0.05) is 17.7 Å². The summed E-state index contributed by atoms with van der Waals surface area (Å²) in [4.78, 5) is 12.0. The summed E-state index contributed by atoms with van der Waals surface area (Å²) in [6.45, 7) is 3.87. The van der Waals surface area contributed by atoms with Crippen molar-refractivity contribution in [3.63, 3.8) is 0 Å². The third kappa shape index (κ3) is 3.45.